The zero-order valence-corrected chi connectivity index (χ0v) is 12.9. The fraction of sp³-hybridized carbons (Fsp3) is 0.471. The lowest BCUT2D eigenvalue weighted by Gasteiger charge is -2.26. The summed E-state index contributed by atoms with van der Waals surface area (Å²) < 4.78 is 0. The number of H-pyrrole nitrogens is 1. The fourth-order valence-corrected chi connectivity index (χ4v) is 3.14. The summed E-state index contributed by atoms with van der Waals surface area (Å²) in [5.41, 5.74) is 8.41. The van der Waals surface area contributed by atoms with Gasteiger partial charge in [-0.05, 0) is 36.0 Å². The van der Waals surface area contributed by atoms with Crippen molar-refractivity contribution in [1.29, 1.82) is 0 Å². The van der Waals surface area contributed by atoms with E-state index >= 15 is 0 Å². The van der Waals surface area contributed by atoms with Crippen LogP contribution in [0.4, 0.5) is 5.69 Å². The Morgan fingerprint density at radius 1 is 1.38 bits per heavy atom. The molecule has 0 saturated carbocycles. The number of nitrogens with two attached hydrogens (primary N) is 1. The number of hydrogen-bond acceptors (Lipinski definition) is 2. The number of aromatic amines is 1. The molecule has 1 fully saturated rings. The third kappa shape index (κ3) is 2.50. The first-order valence-corrected chi connectivity index (χ1v) is 7.52. The lowest BCUT2D eigenvalue weighted by Crippen LogP contribution is -2.31. The van der Waals surface area contributed by atoms with Crippen LogP contribution >= 0.6 is 0 Å². The van der Waals surface area contributed by atoms with Gasteiger partial charge in [-0.15, -0.1) is 0 Å². The van der Waals surface area contributed by atoms with Gasteiger partial charge in [-0.3, -0.25) is 4.79 Å². The third-order valence-electron chi connectivity index (χ3n) is 4.64. The molecule has 1 saturated heterocycles. The van der Waals surface area contributed by atoms with E-state index in [1.165, 1.54) is 0 Å². The molecule has 0 radical (unpaired) electrons. The molecule has 0 bridgehead atoms. The number of aromatic nitrogens is 1. The maximum atomic E-state index is 12.8. The first kappa shape index (κ1) is 14.0. The van der Waals surface area contributed by atoms with Crippen molar-refractivity contribution in [3.8, 4) is 0 Å². The highest BCUT2D eigenvalue weighted by molar-refractivity contribution is 6.07. The van der Waals surface area contributed by atoms with Gasteiger partial charge in [-0.25, -0.2) is 0 Å². The fourth-order valence-electron chi connectivity index (χ4n) is 3.14. The molecule has 0 spiro atoms. The molecular formula is C17H23N3O. The Hall–Kier alpha value is -1.97. The summed E-state index contributed by atoms with van der Waals surface area (Å²) in [7, 11) is 0. The van der Waals surface area contributed by atoms with Crippen molar-refractivity contribution in [3.63, 3.8) is 0 Å². The SMILES string of the molecule is CC(C)(C)C1CCN(C(=O)c2c[nH]c3cc(N)ccc23)C1. The summed E-state index contributed by atoms with van der Waals surface area (Å²) in [6, 6.07) is 5.63. The number of fused-ring (bicyclic) bond motifs is 1. The van der Waals surface area contributed by atoms with Gasteiger partial charge in [-0.2, -0.15) is 0 Å². The number of rotatable bonds is 1. The first-order valence-electron chi connectivity index (χ1n) is 7.52. The van der Waals surface area contributed by atoms with E-state index in [0.29, 0.717) is 11.6 Å². The minimum atomic E-state index is 0.123. The van der Waals surface area contributed by atoms with Gasteiger partial charge in [0.2, 0.25) is 0 Å². The second kappa shape index (κ2) is 4.79. The van der Waals surface area contributed by atoms with E-state index in [1.807, 2.05) is 23.1 Å². The number of nitrogens with one attached hydrogen (secondary N) is 1. The number of likely N-dealkylation sites (tertiary alicyclic amines) is 1. The molecule has 4 heteroatoms. The highest BCUT2D eigenvalue weighted by atomic mass is 16.2. The summed E-state index contributed by atoms with van der Waals surface area (Å²) in [5.74, 6) is 0.695. The summed E-state index contributed by atoms with van der Waals surface area (Å²) in [4.78, 5) is 17.9. The minimum absolute atomic E-state index is 0.123. The van der Waals surface area contributed by atoms with E-state index in [9.17, 15) is 4.79 Å². The maximum Gasteiger partial charge on any atom is 0.256 e. The Morgan fingerprint density at radius 3 is 2.81 bits per heavy atom. The Labute approximate surface area is 125 Å². The smallest absolute Gasteiger partial charge is 0.256 e. The summed E-state index contributed by atoms with van der Waals surface area (Å²) >= 11 is 0. The molecule has 0 aliphatic carbocycles. The van der Waals surface area contributed by atoms with Crippen molar-refractivity contribution in [3.05, 3.63) is 30.0 Å². The number of benzene rings is 1. The molecule has 1 aromatic carbocycles. The highest BCUT2D eigenvalue weighted by Crippen LogP contribution is 2.34. The average Bonchev–Trinajstić information content (AvgIpc) is 3.03. The largest absolute Gasteiger partial charge is 0.399 e. The zero-order valence-electron chi connectivity index (χ0n) is 12.9. The van der Waals surface area contributed by atoms with Crippen LogP contribution in [0.5, 0.6) is 0 Å². The number of nitrogen functional groups attached to an aromatic ring is 1. The van der Waals surface area contributed by atoms with Gasteiger partial charge in [0.05, 0.1) is 5.56 Å². The maximum absolute atomic E-state index is 12.8. The standard InChI is InChI=1S/C17H23N3O/c1-17(2,3)11-6-7-20(10-11)16(21)14-9-19-15-8-12(18)4-5-13(14)15/h4-5,8-9,11,19H,6-7,10,18H2,1-3H3. The minimum Gasteiger partial charge on any atom is -0.399 e. The van der Waals surface area contributed by atoms with Crippen molar-refractivity contribution in [2.24, 2.45) is 11.3 Å². The van der Waals surface area contributed by atoms with Gasteiger partial charge in [0, 0.05) is 35.9 Å². The topological polar surface area (TPSA) is 62.1 Å². The Morgan fingerprint density at radius 2 is 2.14 bits per heavy atom. The molecule has 1 aromatic heterocycles. The predicted molar refractivity (Wildman–Crippen MR) is 86.2 cm³/mol. The predicted octanol–water partition coefficient (Wildman–Crippen LogP) is 3.26. The second-order valence-electron chi connectivity index (χ2n) is 7.11. The second-order valence-corrected chi connectivity index (χ2v) is 7.11. The van der Waals surface area contributed by atoms with E-state index in [-0.39, 0.29) is 11.3 Å². The Kier molecular flexibility index (Phi) is 3.19. The molecule has 3 rings (SSSR count). The van der Waals surface area contributed by atoms with Crippen molar-refractivity contribution >= 4 is 22.5 Å². The average molecular weight is 285 g/mol. The van der Waals surface area contributed by atoms with Crippen molar-refractivity contribution in [2.45, 2.75) is 27.2 Å². The van der Waals surface area contributed by atoms with Crippen molar-refractivity contribution in [1.82, 2.24) is 9.88 Å². The summed E-state index contributed by atoms with van der Waals surface area (Å²) in [6.45, 7) is 8.45. The Balaban J connectivity index is 1.85. The summed E-state index contributed by atoms with van der Waals surface area (Å²) in [6.07, 6.45) is 2.89. The number of amides is 1. The van der Waals surface area contributed by atoms with E-state index in [2.05, 4.69) is 25.8 Å². The zero-order chi connectivity index (χ0) is 15.2. The quantitative estimate of drug-likeness (QED) is 0.790. The van der Waals surface area contributed by atoms with Crippen LogP contribution in [0, 0.1) is 11.3 Å². The number of carbonyl (C=O) groups is 1. The molecule has 1 aliphatic heterocycles. The number of nitrogens with zero attached hydrogens (tertiary/aromatic N) is 1. The highest BCUT2D eigenvalue weighted by Gasteiger charge is 2.34. The monoisotopic (exact) mass is 285 g/mol. The van der Waals surface area contributed by atoms with Crippen LogP contribution < -0.4 is 5.73 Å². The molecule has 2 aromatic rings. The van der Waals surface area contributed by atoms with Crippen molar-refractivity contribution in [2.75, 3.05) is 18.8 Å². The molecule has 1 atom stereocenters. The molecule has 2 heterocycles. The molecule has 21 heavy (non-hydrogen) atoms. The molecule has 112 valence electrons. The van der Waals surface area contributed by atoms with Gasteiger partial charge in [0.15, 0.2) is 0 Å². The lowest BCUT2D eigenvalue weighted by atomic mass is 9.80. The molecule has 3 N–H and O–H groups in total. The van der Waals surface area contributed by atoms with Crippen LogP contribution in [0.1, 0.15) is 37.6 Å². The van der Waals surface area contributed by atoms with Gasteiger partial charge in [-0.1, -0.05) is 20.8 Å². The first-order chi connectivity index (χ1) is 9.86. The van der Waals surface area contributed by atoms with Crippen LogP contribution in [0.25, 0.3) is 10.9 Å². The summed E-state index contributed by atoms with van der Waals surface area (Å²) in [5, 5.41) is 0.952. The van der Waals surface area contributed by atoms with Gasteiger partial charge >= 0.3 is 0 Å². The van der Waals surface area contributed by atoms with Crippen molar-refractivity contribution < 1.29 is 4.79 Å². The van der Waals surface area contributed by atoms with Gasteiger partial charge < -0.3 is 15.6 Å². The molecule has 1 unspecified atom stereocenters. The number of carbonyl (C=O) groups excluding carboxylic acids is 1. The Bertz CT molecular complexity index is 681. The van der Waals surface area contributed by atoms with Crippen LogP contribution in [-0.2, 0) is 0 Å². The lowest BCUT2D eigenvalue weighted by molar-refractivity contribution is 0.0778. The van der Waals surface area contributed by atoms with Gasteiger partial charge in [0.1, 0.15) is 0 Å². The van der Waals surface area contributed by atoms with Crippen LogP contribution in [0.3, 0.4) is 0 Å². The normalized spacial score (nSPS) is 19.4. The van der Waals surface area contributed by atoms with E-state index in [1.54, 1.807) is 6.20 Å². The van der Waals surface area contributed by atoms with Crippen LogP contribution in [0.2, 0.25) is 0 Å². The van der Waals surface area contributed by atoms with Crippen LogP contribution in [-0.4, -0.2) is 28.9 Å². The number of anilines is 1. The van der Waals surface area contributed by atoms with E-state index in [0.717, 1.165) is 36.0 Å². The van der Waals surface area contributed by atoms with Crippen LogP contribution in [0.15, 0.2) is 24.4 Å². The molecular weight excluding hydrogens is 262 g/mol. The van der Waals surface area contributed by atoms with E-state index < -0.39 is 0 Å². The molecule has 1 amide bonds. The molecule has 4 nitrogen and oxygen atoms in total. The third-order valence-corrected chi connectivity index (χ3v) is 4.64. The molecule has 1 aliphatic rings. The van der Waals surface area contributed by atoms with E-state index in [4.69, 9.17) is 5.73 Å². The number of hydrogen-bond donors (Lipinski definition) is 2. The van der Waals surface area contributed by atoms with Gasteiger partial charge in [0.25, 0.3) is 5.91 Å².